The Morgan fingerprint density at radius 2 is 1.93 bits per heavy atom. The van der Waals surface area contributed by atoms with Crippen molar-refractivity contribution in [3.05, 3.63) is 53.6 Å². The highest BCUT2D eigenvalue weighted by Gasteiger charge is 2.33. The first kappa shape index (κ1) is 18.2. The minimum absolute atomic E-state index is 0.0602. The molecular formula is C19H19N3O5. The highest BCUT2D eigenvalue weighted by Crippen LogP contribution is 2.33. The van der Waals surface area contributed by atoms with Crippen LogP contribution in [0.25, 0.3) is 0 Å². The molecule has 0 fully saturated rings. The lowest BCUT2D eigenvalue weighted by molar-refractivity contribution is -0.126. The molecule has 8 heteroatoms. The average molecular weight is 369 g/mol. The zero-order chi connectivity index (χ0) is 19.6. The second-order valence-electron chi connectivity index (χ2n) is 6.09. The molecule has 1 aliphatic heterocycles. The number of carbonyl (C=O) groups excluding carboxylic acids is 3. The van der Waals surface area contributed by atoms with Crippen LogP contribution in [-0.4, -0.2) is 37.0 Å². The van der Waals surface area contributed by atoms with Gasteiger partial charge in [-0.25, -0.2) is 4.79 Å². The number of nitrogen functional groups attached to an aromatic ring is 1. The van der Waals surface area contributed by atoms with Crippen LogP contribution in [0.2, 0.25) is 0 Å². The number of aryl methyl sites for hydroxylation is 1. The fourth-order valence-electron chi connectivity index (χ4n) is 2.76. The van der Waals surface area contributed by atoms with Gasteiger partial charge in [0, 0.05) is 5.69 Å². The Kier molecular flexibility index (Phi) is 4.98. The van der Waals surface area contributed by atoms with Gasteiger partial charge in [0.2, 0.25) is 0 Å². The normalized spacial score (nSPS) is 15.4. The first-order valence-corrected chi connectivity index (χ1v) is 8.26. The second-order valence-corrected chi connectivity index (χ2v) is 6.09. The molecule has 4 N–H and O–H groups in total. The van der Waals surface area contributed by atoms with Gasteiger partial charge in [-0.3, -0.25) is 9.59 Å². The van der Waals surface area contributed by atoms with Crippen molar-refractivity contribution in [3.63, 3.8) is 0 Å². The van der Waals surface area contributed by atoms with Gasteiger partial charge < -0.3 is 25.8 Å². The molecule has 0 bridgehead atoms. The van der Waals surface area contributed by atoms with E-state index in [2.05, 4.69) is 0 Å². The number of ether oxygens (including phenoxy) is 2. The maximum Gasteiger partial charge on any atom is 0.340 e. The molecule has 0 unspecified atom stereocenters. The number of primary amides is 1. The van der Waals surface area contributed by atoms with Crippen molar-refractivity contribution in [1.29, 1.82) is 0 Å². The van der Waals surface area contributed by atoms with Gasteiger partial charge in [0.05, 0.1) is 17.8 Å². The van der Waals surface area contributed by atoms with E-state index >= 15 is 0 Å². The van der Waals surface area contributed by atoms with Crippen molar-refractivity contribution in [2.45, 2.75) is 13.0 Å². The van der Waals surface area contributed by atoms with E-state index in [1.54, 1.807) is 43.3 Å². The van der Waals surface area contributed by atoms with Crippen LogP contribution >= 0.6 is 0 Å². The third kappa shape index (κ3) is 3.69. The highest BCUT2D eigenvalue weighted by atomic mass is 16.5. The summed E-state index contributed by atoms with van der Waals surface area (Å²) in [4.78, 5) is 37.7. The summed E-state index contributed by atoms with van der Waals surface area (Å²) in [6.07, 6.45) is -0.980. The summed E-state index contributed by atoms with van der Waals surface area (Å²) in [7, 11) is 0. The topological polar surface area (TPSA) is 125 Å². The van der Waals surface area contributed by atoms with Gasteiger partial charge in [-0.2, -0.15) is 0 Å². The van der Waals surface area contributed by atoms with E-state index in [-0.39, 0.29) is 12.1 Å². The lowest BCUT2D eigenvalue weighted by Crippen LogP contribution is -2.50. The lowest BCUT2D eigenvalue weighted by atomic mass is 10.1. The van der Waals surface area contributed by atoms with E-state index < -0.39 is 30.5 Å². The van der Waals surface area contributed by atoms with Gasteiger partial charge >= 0.3 is 5.97 Å². The smallest absolute Gasteiger partial charge is 0.340 e. The first-order chi connectivity index (χ1) is 12.9. The molecule has 8 nitrogen and oxygen atoms in total. The van der Waals surface area contributed by atoms with E-state index in [0.717, 1.165) is 5.56 Å². The molecule has 2 aromatic carbocycles. The first-order valence-electron chi connectivity index (χ1n) is 8.26. The molecule has 1 atom stereocenters. The number of anilines is 2. The number of rotatable bonds is 4. The third-order valence-electron chi connectivity index (χ3n) is 4.26. The zero-order valence-electron chi connectivity index (χ0n) is 14.7. The fourth-order valence-corrected chi connectivity index (χ4v) is 2.76. The Morgan fingerprint density at radius 3 is 2.67 bits per heavy atom. The number of hydrogen-bond donors (Lipinski definition) is 2. The molecule has 0 radical (unpaired) electrons. The molecule has 3 rings (SSSR count). The van der Waals surface area contributed by atoms with Crippen LogP contribution < -0.4 is 21.1 Å². The Morgan fingerprint density at radius 1 is 1.19 bits per heavy atom. The van der Waals surface area contributed by atoms with Crippen molar-refractivity contribution in [3.8, 4) is 5.75 Å². The zero-order valence-corrected chi connectivity index (χ0v) is 14.7. The molecule has 2 amide bonds. The second kappa shape index (κ2) is 7.36. The molecule has 0 saturated heterocycles. The number of para-hydroxylation sites is 3. The van der Waals surface area contributed by atoms with E-state index in [1.807, 2.05) is 0 Å². The summed E-state index contributed by atoms with van der Waals surface area (Å²) in [5, 5.41) is 0. The predicted octanol–water partition coefficient (Wildman–Crippen LogP) is 1.01. The summed E-state index contributed by atoms with van der Waals surface area (Å²) in [6, 6.07) is 11.7. The molecule has 0 saturated carbocycles. The molecule has 0 aromatic heterocycles. The number of esters is 1. The molecule has 140 valence electrons. The summed E-state index contributed by atoms with van der Waals surface area (Å²) >= 11 is 0. The van der Waals surface area contributed by atoms with E-state index in [0.29, 0.717) is 17.1 Å². The summed E-state index contributed by atoms with van der Waals surface area (Å²) in [6.45, 7) is 1.20. The van der Waals surface area contributed by atoms with Gasteiger partial charge in [-0.05, 0) is 30.7 Å². The molecule has 0 spiro atoms. The molecule has 0 aliphatic carbocycles. The van der Waals surface area contributed by atoms with E-state index in [4.69, 9.17) is 20.9 Å². The van der Waals surface area contributed by atoms with Crippen LogP contribution in [0.15, 0.2) is 42.5 Å². The predicted molar refractivity (Wildman–Crippen MR) is 98.3 cm³/mol. The van der Waals surface area contributed by atoms with Crippen molar-refractivity contribution in [2.75, 3.05) is 23.8 Å². The molecular weight excluding hydrogens is 350 g/mol. The van der Waals surface area contributed by atoms with Crippen molar-refractivity contribution < 1.29 is 23.9 Å². The molecule has 1 aliphatic rings. The fraction of sp³-hybridized carbons (Fsp3) is 0.211. The van der Waals surface area contributed by atoms with Crippen molar-refractivity contribution >= 4 is 29.2 Å². The average Bonchev–Trinajstić information content (AvgIpc) is 2.67. The van der Waals surface area contributed by atoms with E-state index in [1.165, 1.54) is 11.0 Å². The minimum atomic E-state index is -0.980. The van der Waals surface area contributed by atoms with Gasteiger partial charge in [0.1, 0.15) is 5.75 Å². The minimum Gasteiger partial charge on any atom is -0.477 e. The number of fused-ring (bicyclic) bond motifs is 1. The Labute approximate surface area is 155 Å². The Balaban J connectivity index is 1.74. The van der Waals surface area contributed by atoms with Crippen LogP contribution in [-0.2, 0) is 14.3 Å². The van der Waals surface area contributed by atoms with Gasteiger partial charge in [0.25, 0.3) is 11.8 Å². The quantitative estimate of drug-likeness (QED) is 0.612. The maximum absolute atomic E-state index is 12.6. The van der Waals surface area contributed by atoms with Gasteiger partial charge in [-0.15, -0.1) is 0 Å². The molecule has 2 aromatic rings. The molecule has 27 heavy (non-hydrogen) atoms. The summed E-state index contributed by atoms with van der Waals surface area (Å²) in [5.41, 5.74) is 12.9. The third-order valence-corrected chi connectivity index (χ3v) is 4.26. The van der Waals surface area contributed by atoms with Crippen LogP contribution in [0.1, 0.15) is 15.9 Å². The van der Waals surface area contributed by atoms with Gasteiger partial charge in [-0.1, -0.05) is 24.3 Å². The van der Waals surface area contributed by atoms with Crippen LogP contribution in [0.4, 0.5) is 11.4 Å². The Hall–Kier alpha value is -3.55. The number of hydrogen-bond acceptors (Lipinski definition) is 6. The number of nitrogens with two attached hydrogens (primary N) is 2. The number of carbonyl (C=O) groups is 3. The van der Waals surface area contributed by atoms with Gasteiger partial charge in [0.15, 0.2) is 12.7 Å². The van der Waals surface area contributed by atoms with Crippen molar-refractivity contribution in [1.82, 2.24) is 0 Å². The van der Waals surface area contributed by atoms with Crippen LogP contribution in [0.5, 0.6) is 5.75 Å². The largest absolute Gasteiger partial charge is 0.477 e. The summed E-state index contributed by atoms with van der Waals surface area (Å²) < 4.78 is 10.6. The SMILES string of the molecule is Cc1cccc(C(=O)OCC(=O)N2C[C@H](C(N)=O)Oc3ccccc32)c1N. The Bertz CT molecular complexity index is 912. The summed E-state index contributed by atoms with van der Waals surface area (Å²) in [5.74, 6) is -1.53. The number of amides is 2. The standard InChI is InChI=1S/C19H19N3O5/c1-11-5-4-6-12(17(11)20)19(25)26-10-16(23)22-9-15(18(21)24)27-14-8-3-2-7-13(14)22/h2-8,15H,9-10,20H2,1H3,(H2,21,24)/t15-/m1/s1. The number of benzene rings is 2. The number of nitrogens with zero attached hydrogens (tertiary/aromatic N) is 1. The monoisotopic (exact) mass is 369 g/mol. The lowest BCUT2D eigenvalue weighted by Gasteiger charge is -2.33. The van der Waals surface area contributed by atoms with Crippen LogP contribution in [0.3, 0.4) is 0 Å². The highest BCUT2D eigenvalue weighted by molar-refractivity contribution is 6.01. The van der Waals surface area contributed by atoms with Crippen molar-refractivity contribution in [2.24, 2.45) is 5.73 Å². The molecule has 1 heterocycles. The maximum atomic E-state index is 12.6. The van der Waals surface area contributed by atoms with Crippen LogP contribution in [0, 0.1) is 6.92 Å². The van der Waals surface area contributed by atoms with E-state index in [9.17, 15) is 14.4 Å².